The normalized spacial score (nSPS) is 11.9. The van der Waals surface area contributed by atoms with Crippen molar-refractivity contribution in [1.82, 2.24) is 4.98 Å². The van der Waals surface area contributed by atoms with E-state index in [1.807, 2.05) is 0 Å². The Balaban J connectivity index is 2.76. The second kappa shape index (κ2) is 6.00. The fourth-order valence-electron chi connectivity index (χ4n) is 1.64. The van der Waals surface area contributed by atoms with Crippen molar-refractivity contribution < 1.29 is 14.7 Å². The van der Waals surface area contributed by atoms with Gasteiger partial charge in [-0.2, -0.15) is 0 Å². The van der Waals surface area contributed by atoms with Crippen LogP contribution < -0.4 is 11.1 Å². The summed E-state index contributed by atoms with van der Waals surface area (Å²) < 4.78 is 0. The zero-order valence-electron chi connectivity index (χ0n) is 10.4. The molecular weight excluding hydrogens is 234 g/mol. The largest absolute Gasteiger partial charge is 0.481 e. The number of hydrogen-bond donors (Lipinski definition) is 3. The van der Waals surface area contributed by atoms with E-state index in [0.717, 1.165) is 5.56 Å². The SMILES string of the molecule is Cc1ccnc(NCC(C)CC(=O)O)c1C(N)=O. The quantitative estimate of drug-likeness (QED) is 0.699. The van der Waals surface area contributed by atoms with E-state index in [-0.39, 0.29) is 12.3 Å². The van der Waals surface area contributed by atoms with Crippen LogP contribution in [0.1, 0.15) is 29.3 Å². The van der Waals surface area contributed by atoms with Crippen molar-refractivity contribution in [3.8, 4) is 0 Å². The van der Waals surface area contributed by atoms with Gasteiger partial charge in [0, 0.05) is 19.2 Å². The summed E-state index contributed by atoms with van der Waals surface area (Å²) in [4.78, 5) is 25.9. The number of rotatable bonds is 6. The van der Waals surface area contributed by atoms with Gasteiger partial charge in [0.25, 0.3) is 5.91 Å². The van der Waals surface area contributed by atoms with E-state index < -0.39 is 11.9 Å². The molecule has 1 atom stereocenters. The average Bonchev–Trinajstić information content (AvgIpc) is 2.24. The highest BCUT2D eigenvalue weighted by atomic mass is 16.4. The van der Waals surface area contributed by atoms with Gasteiger partial charge >= 0.3 is 5.97 Å². The van der Waals surface area contributed by atoms with Crippen molar-refractivity contribution in [3.05, 3.63) is 23.4 Å². The van der Waals surface area contributed by atoms with Crippen molar-refractivity contribution >= 4 is 17.7 Å². The van der Waals surface area contributed by atoms with Crippen LogP contribution in [0.2, 0.25) is 0 Å². The van der Waals surface area contributed by atoms with Crippen molar-refractivity contribution in [2.45, 2.75) is 20.3 Å². The summed E-state index contributed by atoms with van der Waals surface area (Å²) in [5.41, 5.74) is 6.38. The monoisotopic (exact) mass is 251 g/mol. The van der Waals surface area contributed by atoms with Crippen molar-refractivity contribution in [2.75, 3.05) is 11.9 Å². The molecule has 1 unspecified atom stereocenters. The Morgan fingerprint density at radius 3 is 2.78 bits per heavy atom. The number of nitrogens with one attached hydrogen (secondary N) is 1. The maximum absolute atomic E-state index is 11.3. The lowest BCUT2D eigenvalue weighted by Gasteiger charge is -2.13. The van der Waals surface area contributed by atoms with E-state index in [0.29, 0.717) is 17.9 Å². The fourth-order valence-corrected chi connectivity index (χ4v) is 1.64. The van der Waals surface area contributed by atoms with Crippen LogP contribution >= 0.6 is 0 Å². The Labute approximate surface area is 105 Å². The van der Waals surface area contributed by atoms with E-state index in [2.05, 4.69) is 10.3 Å². The number of hydrogen-bond acceptors (Lipinski definition) is 4. The number of nitrogens with zero attached hydrogens (tertiary/aromatic N) is 1. The lowest BCUT2D eigenvalue weighted by molar-refractivity contribution is -0.137. The molecule has 0 aliphatic rings. The van der Waals surface area contributed by atoms with Crippen LogP contribution in [0, 0.1) is 12.8 Å². The molecule has 0 saturated carbocycles. The third kappa shape index (κ3) is 3.73. The summed E-state index contributed by atoms with van der Waals surface area (Å²) in [5.74, 6) is -1.06. The number of carboxylic acids is 1. The Kier molecular flexibility index (Phi) is 4.65. The highest BCUT2D eigenvalue weighted by Gasteiger charge is 2.14. The molecule has 18 heavy (non-hydrogen) atoms. The topological polar surface area (TPSA) is 105 Å². The van der Waals surface area contributed by atoms with Gasteiger partial charge in [0.15, 0.2) is 0 Å². The minimum Gasteiger partial charge on any atom is -0.481 e. The highest BCUT2D eigenvalue weighted by molar-refractivity contribution is 5.98. The number of aryl methyl sites for hydroxylation is 1. The van der Waals surface area contributed by atoms with E-state index in [1.165, 1.54) is 0 Å². The molecule has 0 fully saturated rings. The zero-order chi connectivity index (χ0) is 13.7. The maximum Gasteiger partial charge on any atom is 0.303 e. The Bertz CT molecular complexity index is 460. The zero-order valence-corrected chi connectivity index (χ0v) is 10.4. The van der Waals surface area contributed by atoms with E-state index in [4.69, 9.17) is 10.8 Å². The number of pyridine rings is 1. The lowest BCUT2D eigenvalue weighted by atomic mass is 10.1. The van der Waals surface area contributed by atoms with Gasteiger partial charge in [-0.15, -0.1) is 0 Å². The molecule has 0 radical (unpaired) electrons. The van der Waals surface area contributed by atoms with E-state index in [9.17, 15) is 9.59 Å². The molecule has 1 amide bonds. The molecular formula is C12H17N3O3. The van der Waals surface area contributed by atoms with Crippen molar-refractivity contribution in [3.63, 3.8) is 0 Å². The molecule has 6 heteroatoms. The molecule has 0 aliphatic heterocycles. The lowest BCUT2D eigenvalue weighted by Crippen LogP contribution is -2.20. The number of anilines is 1. The van der Waals surface area contributed by atoms with Crippen LogP contribution in [-0.2, 0) is 4.79 Å². The van der Waals surface area contributed by atoms with Gasteiger partial charge in [-0.3, -0.25) is 9.59 Å². The number of aliphatic carboxylic acids is 1. The number of carboxylic acid groups (broad SMARTS) is 1. The molecule has 1 aromatic heterocycles. The van der Waals surface area contributed by atoms with Crippen LogP contribution in [0.4, 0.5) is 5.82 Å². The van der Waals surface area contributed by atoms with E-state index >= 15 is 0 Å². The van der Waals surface area contributed by atoms with Crippen LogP contribution in [0.3, 0.4) is 0 Å². The first-order valence-electron chi connectivity index (χ1n) is 5.63. The van der Waals surface area contributed by atoms with E-state index in [1.54, 1.807) is 26.1 Å². The summed E-state index contributed by atoms with van der Waals surface area (Å²) in [6.07, 6.45) is 1.64. The Morgan fingerprint density at radius 1 is 1.56 bits per heavy atom. The molecule has 0 aliphatic carbocycles. The number of nitrogens with two attached hydrogens (primary N) is 1. The van der Waals surface area contributed by atoms with Gasteiger partial charge in [0.1, 0.15) is 5.82 Å². The van der Waals surface area contributed by atoms with Gasteiger partial charge in [-0.25, -0.2) is 4.98 Å². The molecule has 1 rings (SSSR count). The molecule has 4 N–H and O–H groups in total. The van der Waals surface area contributed by atoms with Crippen molar-refractivity contribution in [1.29, 1.82) is 0 Å². The standard InChI is InChI=1S/C12H17N3O3/c1-7(5-9(16)17)6-15-12-10(11(13)18)8(2)3-4-14-12/h3-4,7H,5-6H2,1-2H3,(H2,13,18)(H,14,15)(H,16,17). The molecule has 1 aromatic rings. The summed E-state index contributed by atoms with van der Waals surface area (Å²) in [6, 6.07) is 1.70. The third-order valence-corrected chi connectivity index (χ3v) is 2.55. The van der Waals surface area contributed by atoms with Gasteiger partial charge in [0.2, 0.25) is 0 Å². The highest BCUT2D eigenvalue weighted by Crippen LogP contribution is 2.16. The van der Waals surface area contributed by atoms with Crippen LogP contribution in [0.15, 0.2) is 12.3 Å². The average molecular weight is 251 g/mol. The predicted molar refractivity (Wildman–Crippen MR) is 67.4 cm³/mol. The predicted octanol–water partition coefficient (Wildman–Crippen LogP) is 1.01. The molecule has 0 spiro atoms. The second-order valence-corrected chi connectivity index (χ2v) is 4.30. The number of carbonyl (C=O) groups excluding carboxylic acids is 1. The van der Waals surface area contributed by atoms with Crippen LogP contribution in [-0.4, -0.2) is 28.5 Å². The van der Waals surface area contributed by atoms with Gasteiger partial charge < -0.3 is 16.2 Å². The van der Waals surface area contributed by atoms with Crippen LogP contribution in [0.25, 0.3) is 0 Å². The fraction of sp³-hybridized carbons (Fsp3) is 0.417. The molecule has 0 saturated heterocycles. The molecule has 1 heterocycles. The van der Waals surface area contributed by atoms with Gasteiger partial charge in [-0.1, -0.05) is 6.92 Å². The third-order valence-electron chi connectivity index (χ3n) is 2.55. The molecule has 0 aromatic carbocycles. The number of carbonyl (C=O) groups is 2. The minimum absolute atomic E-state index is 0.0602. The maximum atomic E-state index is 11.3. The summed E-state index contributed by atoms with van der Waals surface area (Å²) >= 11 is 0. The minimum atomic E-state index is -0.850. The smallest absolute Gasteiger partial charge is 0.303 e. The first-order valence-corrected chi connectivity index (χ1v) is 5.63. The first-order chi connectivity index (χ1) is 8.41. The van der Waals surface area contributed by atoms with Gasteiger partial charge in [0.05, 0.1) is 5.56 Å². The van der Waals surface area contributed by atoms with Gasteiger partial charge in [-0.05, 0) is 24.5 Å². The first kappa shape index (κ1) is 14.0. The number of primary amides is 1. The Hall–Kier alpha value is -2.11. The number of amides is 1. The Morgan fingerprint density at radius 2 is 2.22 bits per heavy atom. The molecule has 0 bridgehead atoms. The summed E-state index contributed by atoms with van der Waals surface area (Å²) in [5, 5.41) is 11.6. The number of aromatic nitrogens is 1. The summed E-state index contributed by atoms with van der Waals surface area (Å²) in [7, 11) is 0. The molecule has 6 nitrogen and oxygen atoms in total. The van der Waals surface area contributed by atoms with Crippen LogP contribution in [0.5, 0.6) is 0 Å². The second-order valence-electron chi connectivity index (χ2n) is 4.30. The molecule has 98 valence electrons. The summed E-state index contributed by atoms with van der Waals surface area (Å²) in [6.45, 7) is 4.00. The van der Waals surface area contributed by atoms with Crippen molar-refractivity contribution in [2.24, 2.45) is 11.7 Å².